The Labute approximate surface area is 147 Å². The molecule has 0 aliphatic carbocycles. The third kappa shape index (κ3) is 7.07. The standard InChI is InChI=1S/C18H37N5O/c1-7-20-17(21-13-18(4,5)16(24)19-6)22-15-8-10-23(11-9-15)12-14(2)3/h14-15H,7-13H2,1-6H3,(H,19,24)(H2,20,21,22). The summed E-state index contributed by atoms with van der Waals surface area (Å²) in [4.78, 5) is 19.1. The Bertz CT molecular complexity index is 412. The summed E-state index contributed by atoms with van der Waals surface area (Å²) in [7, 11) is 1.67. The highest BCUT2D eigenvalue weighted by Crippen LogP contribution is 2.16. The summed E-state index contributed by atoms with van der Waals surface area (Å²) in [5, 5.41) is 9.55. The maximum absolute atomic E-state index is 11.9. The highest BCUT2D eigenvalue weighted by molar-refractivity contribution is 5.83. The molecule has 140 valence electrons. The van der Waals surface area contributed by atoms with Gasteiger partial charge >= 0.3 is 0 Å². The fourth-order valence-electron chi connectivity index (χ4n) is 2.98. The van der Waals surface area contributed by atoms with Gasteiger partial charge in [0.25, 0.3) is 0 Å². The van der Waals surface area contributed by atoms with Crippen LogP contribution in [0.25, 0.3) is 0 Å². The predicted octanol–water partition coefficient (Wildman–Crippen LogP) is 1.43. The van der Waals surface area contributed by atoms with Gasteiger partial charge in [-0.2, -0.15) is 0 Å². The first-order valence-electron chi connectivity index (χ1n) is 9.27. The first kappa shape index (κ1) is 20.7. The number of nitrogens with zero attached hydrogens (tertiary/aromatic N) is 2. The second-order valence-corrected chi connectivity index (χ2v) is 7.77. The molecule has 0 radical (unpaired) electrons. The van der Waals surface area contributed by atoms with Gasteiger partial charge in [-0.1, -0.05) is 13.8 Å². The molecule has 6 heteroatoms. The zero-order chi connectivity index (χ0) is 18.2. The Kier molecular flexibility index (Phi) is 8.53. The Morgan fingerprint density at radius 3 is 2.42 bits per heavy atom. The van der Waals surface area contributed by atoms with E-state index in [1.165, 1.54) is 6.54 Å². The zero-order valence-electron chi connectivity index (χ0n) is 16.4. The van der Waals surface area contributed by atoms with Gasteiger partial charge < -0.3 is 20.9 Å². The number of carbonyl (C=O) groups is 1. The molecule has 24 heavy (non-hydrogen) atoms. The van der Waals surface area contributed by atoms with Crippen LogP contribution in [0.1, 0.15) is 47.5 Å². The van der Waals surface area contributed by atoms with E-state index in [9.17, 15) is 4.79 Å². The van der Waals surface area contributed by atoms with Crippen LogP contribution >= 0.6 is 0 Å². The summed E-state index contributed by atoms with van der Waals surface area (Å²) in [6, 6.07) is 0.453. The zero-order valence-corrected chi connectivity index (χ0v) is 16.4. The Balaban J connectivity index is 2.54. The van der Waals surface area contributed by atoms with Gasteiger partial charge in [0.05, 0.1) is 12.0 Å². The average molecular weight is 340 g/mol. The summed E-state index contributed by atoms with van der Waals surface area (Å²) >= 11 is 0. The molecule has 1 aliphatic rings. The molecule has 1 aliphatic heterocycles. The highest BCUT2D eigenvalue weighted by atomic mass is 16.2. The van der Waals surface area contributed by atoms with Gasteiger partial charge in [-0.15, -0.1) is 0 Å². The van der Waals surface area contributed by atoms with Crippen LogP contribution in [0.3, 0.4) is 0 Å². The second-order valence-electron chi connectivity index (χ2n) is 7.77. The van der Waals surface area contributed by atoms with Gasteiger partial charge in [0.15, 0.2) is 5.96 Å². The fourth-order valence-corrected chi connectivity index (χ4v) is 2.98. The van der Waals surface area contributed by atoms with Gasteiger partial charge in [-0.05, 0) is 39.5 Å². The Hall–Kier alpha value is -1.30. The summed E-state index contributed by atoms with van der Waals surface area (Å²) in [6.07, 6.45) is 2.27. The van der Waals surface area contributed by atoms with Crippen molar-refractivity contribution in [3.05, 3.63) is 0 Å². The van der Waals surface area contributed by atoms with Gasteiger partial charge in [-0.3, -0.25) is 9.79 Å². The number of rotatable bonds is 7. The molecular weight excluding hydrogens is 302 g/mol. The minimum absolute atomic E-state index is 0.0177. The molecule has 0 spiro atoms. The van der Waals surface area contributed by atoms with E-state index in [4.69, 9.17) is 0 Å². The monoisotopic (exact) mass is 339 g/mol. The van der Waals surface area contributed by atoms with E-state index in [1.807, 2.05) is 13.8 Å². The van der Waals surface area contributed by atoms with Crippen LogP contribution in [0.4, 0.5) is 0 Å². The van der Waals surface area contributed by atoms with Gasteiger partial charge in [-0.25, -0.2) is 0 Å². The van der Waals surface area contributed by atoms with Crippen molar-refractivity contribution in [3.8, 4) is 0 Å². The minimum atomic E-state index is -0.502. The molecule has 1 heterocycles. The molecule has 1 amide bonds. The number of aliphatic imine (C=N–C) groups is 1. The number of likely N-dealkylation sites (tertiary alicyclic amines) is 1. The molecule has 0 saturated carbocycles. The molecule has 0 unspecified atom stereocenters. The molecule has 0 bridgehead atoms. The van der Waals surface area contributed by atoms with E-state index >= 15 is 0 Å². The smallest absolute Gasteiger partial charge is 0.227 e. The lowest BCUT2D eigenvalue weighted by atomic mass is 9.93. The van der Waals surface area contributed by atoms with Crippen LogP contribution in [0.5, 0.6) is 0 Å². The number of piperidine rings is 1. The van der Waals surface area contributed by atoms with E-state index in [0.717, 1.165) is 44.4 Å². The van der Waals surface area contributed by atoms with Crippen molar-refractivity contribution in [2.75, 3.05) is 39.8 Å². The number of hydrogen-bond donors (Lipinski definition) is 3. The van der Waals surface area contributed by atoms with E-state index in [2.05, 4.69) is 46.6 Å². The summed E-state index contributed by atoms with van der Waals surface area (Å²) in [5.74, 6) is 1.56. The lowest BCUT2D eigenvalue weighted by molar-refractivity contribution is -0.128. The van der Waals surface area contributed by atoms with Crippen LogP contribution in [0.15, 0.2) is 4.99 Å². The molecular formula is C18H37N5O. The summed E-state index contributed by atoms with van der Waals surface area (Å²) in [6.45, 7) is 15.2. The van der Waals surface area contributed by atoms with Crippen molar-refractivity contribution in [1.29, 1.82) is 0 Å². The quantitative estimate of drug-likeness (QED) is 0.485. The summed E-state index contributed by atoms with van der Waals surface area (Å²) < 4.78 is 0. The van der Waals surface area contributed by atoms with E-state index in [1.54, 1.807) is 7.05 Å². The van der Waals surface area contributed by atoms with Crippen molar-refractivity contribution in [2.45, 2.75) is 53.5 Å². The number of nitrogens with one attached hydrogen (secondary N) is 3. The first-order valence-corrected chi connectivity index (χ1v) is 9.27. The predicted molar refractivity (Wildman–Crippen MR) is 101 cm³/mol. The molecule has 1 fully saturated rings. The SMILES string of the molecule is CCNC(=NCC(C)(C)C(=O)NC)NC1CCN(CC(C)C)CC1. The van der Waals surface area contributed by atoms with Crippen molar-refractivity contribution in [2.24, 2.45) is 16.3 Å². The third-order valence-electron chi connectivity index (χ3n) is 4.37. The fraction of sp³-hybridized carbons (Fsp3) is 0.889. The maximum Gasteiger partial charge on any atom is 0.227 e. The van der Waals surface area contributed by atoms with E-state index < -0.39 is 5.41 Å². The Morgan fingerprint density at radius 1 is 1.29 bits per heavy atom. The van der Waals surface area contributed by atoms with Crippen LogP contribution in [-0.2, 0) is 4.79 Å². The topological polar surface area (TPSA) is 68.8 Å². The van der Waals surface area contributed by atoms with Gasteiger partial charge in [0.1, 0.15) is 0 Å². The highest BCUT2D eigenvalue weighted by Gasteiger charge is 2.27. The molecule has 3 N–H and O–H groups in total. The number of amides is 1. The largest absolute Gasteiger partial charge is 0.359 e. The van der Waals surface area contributed by atoms with Crippen molar-refractivity contribution in [1.82, 2.24) is 20.9 Å². The average Bonchev–Trinajstić information content (AvgIpc) is 2.53. The third-order valence-corrected chi connectivity index (χ3v) is 4.37. The Morgan fingerprint density at radius 2 is 1.92 bits per heavy atom. The van der Waals surface area contributed by atoms with Gasteiger partial charge in [0, 0.05) is 39.3 Å². The lowest BCUT2D eigenvalue weighted by Gasteiger charge is -2.34. The van der Waals surface area contributed by atoms with Crippen LogP contribution in [0.2, 0.25) is 0 Å². The van der Waals surface area contributed by atoms with Crippen LogP contribution in [-0.4, -0.2) is 62.6 Å². The number of hydrogen-bond acceptors (Lipinski definition) is 3. The number of carbonyl (C=O) groups excluding carboxylic acids is 1. The minimum Gasteiger partial charge on any atom is -0.359 e. The van der Waals surface area contributed by atoms with E-state index in [0.29, 0.717) is 12.6 Å². The van der Waals surface area contributed by atoms with Crippen molar-refractivity contribution >= 4 is 11.9 Å². The van der Waals surface area contributed by atoms with Crippen molar-refractivity contribution < 1.29 is 4.79 Å². The molecule has 1 saturated heterocycles. The second kappa shape index (κ2) is 9.87. The molecule has 6 nitrogen and oxygen atoms in total. The van der Waals surface area contributed by atoms with Crippen molar-refractivity contribution in [3.63, 3.8) is 0 Å². The lowest BCUT2D eigenvalue weighted by Crippen LogP contribution is -2.49. The molecule has 1 rings (SSSR count). The molecule has 0 atom stereocenters. The molecule has 0 aromatic rings. The first-order chi connectivity index (χ1) is 11.3. The van der Waals surface area contributed by atoms with Crippen LogP contribution in [0, 0.1) is 11.3 Å². The van der Waals surface area contributed by atoms with E-state index in [-0.39, 0.29) is 5.91 Å². The molecule has 0 aromatic heterocycles. The molecule has 0 aromatic carbocycles. The maximum atomic E-state index is 11.9. The van der Waals surface area contributed by atoms with Gasteiger partial charge in [0.2, 0.25) is 5.91 Å². The summed E-state index contributed by atoms with van der Waals surface area (Å²) in [5.41, 5.74) is -0.502. The normalized spacial score (nSPS) is 17.9. The van der Waals surface area contributed by atoms with Crippen LogP contribution < -0.4 is 16.0 Å². The number of guanidine groups is 1.